The van der Waals surface area contributed by atoms with E-state index in [1.807, 2.05) is 30.3 Å². The number of nitrogens with one attached hydrogen (secondary N) is 3. The Morgan fingerprint density at radius 3 is 2.14 bits per heavy atom. The van der Waals surface area contributed by atoms with Gasteiger partial charge in [-0.3, -0.25) is 30.1 Å². The molecule has 1 fully saturated rings. The molecule has 0 unspecified atom stereocenters. The van der Waals surface area contributed by atoms with Gasteiger partial charge in [0.15, 0.2) is 5.69 Å². The van der Waals surface area contributed by atoms with Gasteiger partial charge in [-0.2, -0.15) is 9.40 Å². The van der Waals surface area contributed by atoms with Gasteiger partial charge in [-0.1, -0.05) is 30.3 Å². The number of hydrogen-bond donors (Lipinski definition) is 3. The number of nitrogens with zero attached hydrogens (tertiary/aromatic N) is 3. The number of H-pyrrole nitrogens is 1. The molecule has 2 aromatic carbocycles. The van der Waals surface area contributed by atoms with Gasteiger partial charge in [0.1, 0.15) is 0 Å². The third-order valence-corrected chi connectivity index (χ3v) is 7.45. The fourth-order valence-electron chi connectivity index (χ4n) is 3.62. The van der Waals surface area contributed by atoms with Crippen molar-refractivity contribution in [1.82, 2.24) is 30.3 Å². The lowest BCUT2D eigenvalue weighted by Gasteiger charge is -2.34. The van der Waals surface area contributed by atoms with Crippen LogP contribution in [0.2, 0.25) is 0 Å². The molecule has 1 aliphatic heterocycles. The molecular weight excluding hydrogens is 472 g/mol. The summed E-state index contributed by atoms with van der Waals surface area (Å²) in [5.74, 6) is -1.36. The van der Waals surface area contributed by atoms with Gasteiger partial charge in [-0.15, -0.1) is 0 Å². The summed E-state index contributed by atoms with van der Waals surface area (Å²) >= 11 is 0. The van der Waals surface area contributed by atoms with Crippen molar-refractivity contribution in [2.24, 2.45) is 0 Å². The summed E-state index contributed by atoms with van der Waals surface area (Å²) in [4.78, 5) is 37.6. The first-order chi connectivity index (χ1) is 16.8. The van der Waals surface area contributed by atoms with Crippen LogP contribution in [0.15, 0.2) is 76.4 Å². The van der Waals surface area contributed by atoms with Crippen LogP contribution < -0.4 is 16.4 Å². The summed E-state index contributed by atoms with van der Waals surface area (Å²) in [5.41, 5.74) is 5.19. The highest BCUT2D eigenvalue weighted by atomic mass is 32.2. The van der Waals surface area contributed by atoms with Gasteiger partial charge in [0, 0.05) is 44.4 Å². The molecular formula is C23H24N6O5S. The zero-order valence-corrected chi connectivity index (χ0v) is 19.5. The van der Waals surface area contributed by atoms with Crippen LogP contribution in [0, 0.1) is 0 Å². The molecule has 1 saturated heterocycles. The van der Waals surface area contributed by atoms with E-state index >= 15 is 0 Å². The number of sulfonamides is 1. The Kier molecular flexibility index (Phi) is 7.34. The van der Waals surface area contributed by atoms with Crippen molar-refractivity contribution in [1.29, 1.82) is 0 Å². The van der Waals surface area contributed by atoms with Crippen molar-refractivity contribution in [2.45, 2.75) is 11.4 Å². The molecule has 0 bridgehead atoms. The second kappa shape index (κ2) is 10.6. The molecule has 4 rings (SSSR count). The zero-order chi connectivity index (χ0) is 24.8. The predicted octanol–water partition coefficient (Wildman–Crippen LogP) is 0.351. The van der Waals surface area contributed by atoms with Crippen LogP contribution in [0.5, 0.6) is 0 Å². The Bertz CT molecular complexity index is 1330. The van der Waals surface area contributed by atoms with Crippen LogP contribution in [-0.4, -0.2) is 65.8 Å². The van der Waals surface area contributed by atoms with Crippen LogP contribution in [-0.2, 0) is 16.6 Å². The van der Waals surface area contributed by atoms with E-state index in [9.17, 15) is 22.8 Å². The van der Waals surface area contributed by atoms with Gasteiger partial charge >= 0.3 is 0 Å². The van der Waals surface area contributed by atoms with E-state index in [-0.39, 0.29) is 16.2 Å². The van der Waals surface area contributed by atoms with E-state index in [4.69, 9.17) is 0 Å². The summed E-state index contributed by atoms with van der Waals surface area (Å²) in [6.07, 6.45) is 0. The van der Waals surface area contributed by atoms with Crippen molar-refractivity contribution in [3.8, 4) is 0 Å². The Hall–Kier alpha value is -3.87. The second-order valence-electron chi connectivity index (χ2n) is 7.90. The van der Waals surface area contributed by atoms with Gasteiger partial charge in [0.2, 0.25) is 10.0 Å². The minimum absolute atomic E-state index is 0.0878. The molecule has 2 amide bonds. The number of hydrazine groups is 1. The first kappa shape index (κ1) is 24.3. The minimum Gasteiger partial charge on any atom is -0.296 e. The van der Waals surface area contributed by atoms with Gasteiger partial charge in [0.05, 0.1) is 4.90 Å². The number of benzene rings is 2. The van der Waals surface area contributed by atoms with Crippen molar-refractivity contribution in [2.75, 3.05) is 26.2 Å². The molecule has 1 aliphatic rings. The quantitative estimate of drug-likeness (QED) is 0.418. The maximum atomic E-state index is 13.0. The molecule has 0 spiro atoms. The number of amides is 2. The number of carbonyl (C=O) groups excluding carboxylic acids is 2. The molecule has 0 radical (unpaired) electrons. The smallest absolute Gasteiger partial charge is 0.290 e. The highest BCUT2D eigenvalue weighted by Gasteiger charge is 2.28. The topological polar surface area (TPSA) is 145 Å². The molecule has 12 heteroatoms. The first-order valence-electron chi connectivity index (χ1n) is 10.9. The van der Waals surface area contributed by atoms with Crippen molar-refractivity contribution >= 4 is 21.8 Å². The Balaban J connectivity index is 1.31. The lowest BCUT2D eigenvalue weighted by atomic mass is 10.2. The molecule has 3 aromatic rings. The third-order valence-electron chi connectivity index (χ3n) is 5.54. The summed E-state index contributed by atoms with van der Waals surface area (Å²) in [7, 11) is -3.70. The van der Waals surface area contributed by atoms with Gasteiger partial charge in [0.25, 0.3) is 17.4 Å². The summed E-state index contributed by atoms with van der Waals surface area (Å²) < 4.78 is 27.5. The highest BCUT2D eigenvalue weighted by molar-refractivity contribution is 7.89. The van der Waals surface area contributed by atoms with Gasteiger partial charge < -0.3 is 0 Å². The predicted molar refractivity (Wildman–Crippen MR) is 127 cm³/mol. The van der Waals surface area contributed by atoms with Crippen LogP contribution in [0.4, 0.5) is 0 Å². The standard InChI is InChI=1S/C23H24N6O5S/c30-21-11-10-20(24-25-21)23(32)27-26-22(31)18-6-8-19(9-7-18)35(33,34)29-14-12-28(13-15-29)16-17-4-2-1-3-5-17/h1-11H,12-16H2,(H,25,30)(H,26,31)(H,27,32). The van der Waals surface area contributed by atoms with E-state index in [0.717, 1.165) is 12.6 Å². The first-order valence-corrected chi connectivity index (χ1v) is 12.3. The van der Waals surface area contributed by atoms with Crippen molar-refractivity contribution in [3.05, 3.63) is 93.9 Å². The summed E-state index contributed by atoms with van der Waals surface area (Å²) in [6, 6.07) is 17.8. The number of carbonyl (C=O) groups is 2. The van der Waals surface area contributed by atoms with Crippen LogP contribution in [0.3, 0.4) is 0 Å². The Morgan fingerprint density at radius 2 is 1.51 bits per heavy atom. The molecule has 35 heavy (non-hydrogen) atoms. The van der Waals surface area contributed by atoms with Gasteiger partial charge in [-0.25, -0.2) is 13.5 Å². The number of piperazine rings is 1. The molecule has 11 nitrogen and oxygen atoms in total. The maximum absolute atomic E-state index is 13.0. The van der Waals surface area contributed by atoms with Gasteiger partial charge in [-0.05, 0) is 35.9 Å². The molecule has 0 saturated carbocycles. The van der Waals surface area contributed by atoms with E-state index in [1.54, 1.807) is 0 Å². The second-order valence-corrected chi connectivity index (χ2v) is 9.84. The molecule has 0 atom stereocenters. The monoisotopic (exact) mass is 496 g/mol. The SMILES string of the molecule is O=C(NNC(=O)c1ccc(=O)[nH]n1)c1ccc(S(=O)(=O)N2CCN(Cc3ccccc3)CC2)cc1. The molecule has 1 aromatic heterocycles. The summed E-state index contributed by atoms with van der Waals surface area (Å²) in [6.45, 7) is 2.77. The Morgan fingerprint density at radius 1 is 0.857 bits per heavy atom. The fraction of sp³-hybridized carbons (Fsp3) is 0.217. The molecule has 182 valence electrons. The lowest BCUT2D eigenvalue weighted by molar-refractivity contribution is 0.0843. The minimum atomic E-state index is -3.70. The van der Waals surface area contributed by atoms with Crippen LogP contribution in [0.25, 0.3) is 0 Å². The van der Waals surface area contributed by atoms with Crippen molar-refractivity contribution < 1.29 is 18.0 Å². The third kappa shape index (κ3) is 5.98. The van der Waals surface area contributed by atoms with Crippen molar-refractivity contribution in [3.63, 3.8) is 0 Å². The zero-order valence-electron chi connectivity index (χ0n) is 18.7. The molecule has 3 N–H and O–H groups in total. The maximum Gasteiger partial charge on any atom is 0.290 e. The Labute approximate surface area is 201 Å². The normalized spacial score (nSPS) is 14.9. The van der Waals surface area contributed by atoms with E-state index in [2.05, 4.69) is 25.9 Å². The van der Waals surface area contributed by atoms with Crippen LogP contribution >= 0.6 is 0 Å². The number of rotatable bonds is 6. The van der Waals surface area contributed by atoms with E-state index < -0.39 is 27.4 Å². The average molecular weight is 497 g/mol. The van der Waals surface area contributed by atoms with Crippen LogP contribution in [0.1, 0.15) is 26.4 Å². The molecule has 0 aliphatic carbocycles. The molecule has 2 heterocycles. The highest BCUT2D eigenvalue weighted by Crippen LogP contribution is 2.19. The number of aromatic nitrogens is 2. The number of aromatic amines is 1. The fourth-order valence-corrected chi connectivity index (χ4v) is 5.04. The lowest BCUT2D eigenvalue weighted by Crippen LogP contribution is -2.48. The van der Waals surface area contributed by atoms with E-state index in [0.29, 0.717) is 26.2 Å². The largest absolute Gasteiger partial charge is 0.296 e. The number of hydrogen-bond acceptors (Lipinski definition) is 7. The van der Waals surface area contributed by atoms with E-state index in [1.165, 1.54) is 40.2 Å². The summed E-state index contributed by atoms with van der Waals surface area (Å²) in [5, 5.41) is 5.68. The average Bonchev–Trinajstić information content (AvgIpc) is 2.88.